The molecule has 0 bridgehead atoms. The van der Waals surface area contributed by atoms with Crippen LogP contribution < -0.4 is 0 Å². The van der Waals surface area contributed by atoms with Crippen LogP contribution in [0.25, 0.3) is 0 Å². The van der Waals surface area contributed by atoms with Crippen LogP contribution in [0.2, 0.25) is 0 Å². The molecule has 0 aliphatic carbocycles. The van der Waals surface area contributed by atoms with Gasteiger partial charge in [0.1, 0.15) is 12.2 Å². The van der Waals surface area contributed by atoms with Crippen molar-refractivity contribution >= 4 is 17.7 Å². The van der Waals surface area contributed by atoms with Crippen LogP contribution in [0.3, 0.4) is 0 Å². The van der Waals surface area contributed by atoms with Gasteiger partial charge in [-0.25, -0.2) is 4.79 Å². The van der Waals surface area contributed by atoms with Gasteiger partial charge < -0.3 is 15.3 Å². The SMILES string of the molecule is O=C(O)/C=C/C(O)=C\C(=O)CC(=O)O. The Balaban J connectivity index is 4.30. The van der Waals surface area contributed by atoms with Gasteiger partial charge >= 0.3 is 11.9 Å². The Hall–Kier alpha value is -2.11. The first-order valence-electron chi connectivity index (χ1n) is 3.48. The number of aliphatic hydroxyl groups excluding tert-OH is 1. The lowest BCUT2D eigenvalue weighted by Crippen LogP contribution is -2.04. The molecule has 0 aromatic heterocycles. The standard InChI is InChI=1S/C8H8O6/c9-5(1-2-7(11)12)3-6(10)4-8(13)14/h1-3,9H,4H2,(H,11,12)(H,13,14)/b2-1+,5-3+. The maximum absolute atomic E-state index is 10.7. The highest BCUT2D eigenvalue weighted by molar-refractivity contribution is 6.01. The number of carbonyl (C=O) groups is 3. The number of carbonyl (C=O) groups excluding carboxylic acids is 1. The van der Waals surface area contributed by atoms with Crippen molar-refractivity contribution in [2.45, 2.75) is 6.42 Å². The molecule has 0 heterocycles. The van der Waals surface area contributed by atoms with E-state index >= 15 is 0 Å². The largest absolute Gasteiger partial charge is 0.508 e. The van der Waals surface area contributed by atoms with Gasteiger partial charge in [0.05, 0.1) is 0 Å². The van der Waals surface area contributed by atoms with Crippen molar-refractivity contribution in [1.29, 1.82) is 0 Å². The summed E-state index contributed by atoms with van der Waals surface area (Å²) in [6, 6.07) is 0. The summed E-state index contributed by atoms with van der Waals surface area (Å²) < 4.78 is 0. The van der Waals surface area contributed by atoms with Gasteiger partial charge in [0.25, 0.3) is 0 Å². The zero-order valence-corrected chi connectivity index (χ0v) is 7.01. The van der Waals surface area contributed by atoms with Gasteiger partial charge in [0.2, 0.25) is 0 Å². The van der Waals surface area contributed by atoms with E-state index in [2.05, 4.69) is 0 Å². The quantitative estimate of drug-likeness (QED) is 0.251. The summed E-state index contributed by atoms with van der Waals surface area (Å²) in [4.78, 5) is 30.7. The summed E-state index contributed by atoms with van der Waals surface area (Å²) >= 11 is 0. The Labute approximate surface area is 78.8 Å². The van der Waals surface area contributed by atoms with E-state index in [1.54, 1.807) is 0 Å². The minimum atomic E-state index is -1.32. The fourth-order valence-corrected chi connectivity index (χ4v) is 0.570. The second-order valence-corrected chi connectivity index (χ2v) is 2.28. The zero-order chi connectivity index (χ0) is 11.1. The fraction of sp³-hybridized carbons (Fsp3) is 0.125. The van der Waals surface area contributed by atoms with Gasteiger partial charge in [-0.1, -0.05) is 0 Å². The number of aliphatic hydroxyl groups is 1. The Morgan fingerprint density at radius 2 is 1.57 bits per heavy atom. The molecule has 14 heavy (non-hydrogen) atoms. The highest BCUT2D eigenvalue weighted by atomic mass is 16.4. The summed E-state index contributed by atoms with van der Waals surface area (Å²) in [5.74, 6) is -4.01. The second kappa shape index (κ2) is 5.52. The smallest absolute Gasteiger partial charge is 0.328 e. The molecule has 0 aromatic carbocycles. The third kappa shape index (κ3) is 6.59. The molecule has 0 unspecified atom stereocenters. The van der Waals surface area contributed by atoms with Crippen molar-refractivity contribution in [1.82, 2.24) is 0 Å². The Kier molecular flexibility index (Phi) is 4.69. The van der Waals surface area contributed by atoms with Crippen LogP contribution in [0.5, 0.6) is 0 Å². The molecule has 0 atom stereocenters. The van der Waals surface area contributed by atoms with E-state index in [4.69, 9.17) is 15.3 Å². The molecule has 76 valence electrons. The molecule has 3 N–H and O–H groups in total. The van der Waals surface area contributed by atoms with Crippen LogP contribution in [0.1, 0.15) is 6.42 Å². The van der Waals surface area contributed by atoms with Gasteiger partial charge in [-0.15, -0.1) is 0 Å². The molecular weight excluding hydrogens is 192 g/mol. The highest BCUT2D eigenvalue weighted by Gasteiger charge is 2.04. The van der Waals surface area contributed by atoms with Gasteiger partial charge in [-0.05, 0) is 6.08 Å². The number of hydrogen-bond donors (Lipinski definition) is 3. The minimum absolute atomic E-state index is 0.598. The summed E-state index contributed by atoms with van der Waals surface area (Å²) in [6.45, 7) is 0. The number of hydrogen-bond acceptors (Lipinski definition) is 4. The van der Waals surface area contributed by atoms with E-state index in [0.717, 1.165) is 6.08 Å². The van der Waals surface area contributed by atoms with Gasteiger partial charge in [0, 0.05) is 12.2 Å². The predicted octanol–water partition coefficient (Wildman–Crippen LogP) is 0.113. The first-order valence-corrected chi connectivity index (χ1v) is 3.48. The van der Waals surface area contributed by atoms with Crippen LogP contribution in [0.4, 0.5) is 0 Å². The Morgan fingerprint density at radius 1 is 1.00 bits per heavy atom. The van der Waals surface area contributed by atoms with Gasteiger partial charge in [0.15, 0.2) is 5.78 Å². The molecule has 0 saturated heterocycles. The monoisotopic (exact) mass is 200 g/mol. The Bertz CT molecular complexity index is 312. The van der Waals surface area contributed by atoms with E-state index in [1.807, 2.05) is 0 Å². The third-order valence-corrected chi connectivity index (χ3v) is 1.03. The van der Waals surface area contributed by atoms with Crippen molar-refractivity contribution in [2.24, 2.45) is 0 Å². The molecule has 0 spiro atoms. The van der Waals surface area contributed by atoms with E-state index in [0.29, 0.717) is 12.2 Å². The molecule has 0 aliphatic rings. The summed E-state index contributed by atoms with van der Waals surface area (Å²) in [7, 11) is 0. The summed E-state index contributed by atoms with van der Waals surface area (Å²) in [5, 5.41) is 25.2. The van der Waals surface area contributed by atoms with Crippen LogP contribution in [-0.4, -0.2) is 33.0 Å². The fourth-order valence-electron chi connectivity index (χ4n) is 0.570. The average Bonchev–Trinajstić information content (AvgIpc) is 1.98. The molecule has 6 heteroatoms. The van der Waals surface area contributed by atoms with E-state index < -0.39 is 29.9 Å². The van der Waals surface area contributed by atoms with Crippen molar-refractivity contribution in [3.63, 3.8) is 0 Å². The molecule has 6 nitrogen and oxygen atoms in total. The molecule has 0 rings (SSSR count). The molecule has 0 aromatic rings. The highest BCUT2D eigenvalue weighted by Crippen LogP contribution is 1.94. The first-order chi connectivity index (χ1) is 6.41. The van der Waals surface area contributed by atoms with Crippen molar-refractivity contribution in [2.75, 3.05) is 0 Å². The van der Waals surface area contributed by atoms with Crippen molar-refractivity contribution < 1.29 is 29.7 Å². The first kappa shape index (κ1) is 11.9. The second-order valence-electron chi connectivity index (χ2n) is 2.28. The summed E-state index contributed by atoms with van der Waals surface area (Å²) in [5.41, 5.74) is 0. The lowest BCUT2D eigenvalue weighted by molar-refractivity contribution is -0.139. The molecule has 0 radical (unpaired) electrons. The van der Waals surface area contributed by atoms with E-state index in [-0.39, 0.29) is 0 Å². The number of carboxylic acid groups (broad SMARTS) is 2. The number of allylic oxidation sites excluding steroid dienone is 2. The third-order valence-electron chi connectivity index (χ3n) is 1.03. The number of rotatable bonds is 5. The van der Waals surface area contributed by atoms with Crippen molar-refractivity contribution in [3.05, 3.63) is 24.0 Å². The van der Waals surface area contributed by atoms with Crippen molar-refractivity contribution in [3.8, 4) is 0 Å². The van der Waals surface area contributed by atoms with E-state index in [9.17, 15) is 14.4 Å². The van der Waals surface area contributed by atoms with E-state index in [1.165, 1.54) is 0 Å². The molecule has 0 saturated carbocycles. The predicted molar refractivity (Wildman–Crippen MR) is 44.7 cm³/mol. The maximum Gasteiger partial charge on any atom is 0.328 e. The molecular formula is C8H8O6. The van der Waals surface area contributed by atoms with Crippen LogP contribution in [0, 0.1) is 0 Å². The minimum Gasteiger partial charge on any atom is -0.508 e. The zero-order valence-electron chi connectivity index (χ0n) is 7.01. The maximum atomic E-state index is 10.7. The normalized spacial score (nSPS) is 11.6. The molecule has 0 amide bonds. The lowest BCUT2D eigenvalue weighted by Gasteiger charge is -1.90. The van der Waals surface area contributed by atoms with Gasteiger partial charge in [-0.2, -0.15) is 0 Å². The summed E-state index contributed by atoms with van der Waals surface area (Å²) in [6.07, 6.45) is 1.31. The van der Waals surface area contributed by atoms with Gasteiger partial charge in [-0.3, -0.25) is 9.59 Å². The number of ketones is 1. The average molecular weight is 200 g/mol. The van der Waals surface area contributed by atoms with Crippen LogP contribution in [0.15, 0.2) is 24.0 Å². The molecule has 0 fully saturated rings. The van der Waals surface area contributed by atoms with Crippen LogP contribution in [-0.2, 0) is 14.4 Å². The van der Waals surface area contributed by atoms with Crippen LogP contribution >= 0.6 is 0 Å². The number of aliphatic carboxylic acids is 2. The lowest BCUT2D eigenvalue weighted by atomic mass is 10.2. The molecule has 0 aliphatic heterocycles. The Morgan fingerprint density at radius 3 is 2.00 bits per heavy atom. The number of carboxylic acids is 2. The topological polar surface area (TPSA) is 112 Å².